The van der Waals surface area contributed by atoms with Crippen LogP contribution in [0.1, 0.15) is 45.3 Å². The number of ether oxygens (including phenoxy) is 3. The first-order valence-electron chi connectivity index (χ1n) is 7.12. The Kier molecular flexibility index (Phi) is 6.30. The second-order valence-electron chi connectivity index (χ2n) is 4.72. The highest BCUT2D eigenvalue weighted by Gasteiger charge is 2.37. The molecule has 0 aliphatic carbocycles. The van der Waals surface area contributed by atoms with Crippen LogP contribution >= 0.6 is 0 Å². The smallest absolute Gasteiger partial charge is 0.128 e. The van der Waals surface area contributed by atoms with E-state index < -0.39 is 11.7 Å². The normalized spacial score (nSPS) is 13.1. The fourth-order valence-electron chi connectivity index (χ4n) is 2.53. The molecule has 0 aliphatic heterocycles. The molecule has 0 saturated carbocycles. The Hall–Kier alpha value is -1.26. The zero-order chi connectivity index (χ0) is 15.2. The van der Waals surface area contributed by atoms with Crippen molar-refractivity contribution in [1.29, 1.82) is 0 Å². The van der Waals surface area contributed by atoms with Crippen LogP contribution in [0.4, 0.5) is 0 Å². The van der Waals surface area contributed by atoms with Crippen molar-refractivity contribution in [3.63, 3.8) is 0 Å². The molecule has 0 fully saturated rings. The minimum atomic E-state index is -0.738. The minimum absolute atomic E-state index is 0.567. The first-order valence-corrected chi connectivity index (χ1v) is 7.12. The zero-order valence-corrected chi connectivity index (χ0v) is 13.1. The van der Waals surface area contributed by atoms with Crippen LogP contribution in [-0.2, 0) is 4.74 Å². The molecule has 4 heteroatoms. The van der Waals surface area contributed by atoms with E-state index in [-0.39, 0.29) is 0 Å². The van der Waals surface area contributed by atoms with Crippen molar-refractivity contribution in [2.24, 2.45) is 0 Å². The van der Waals surface area contributed by atoms with E-state index in [0.29, 0.717) is 18.1 Å². The zero-order valence-electron chi connectivity index (χ0n) is 13.1. The Morgan fingerprint density at radius 2 is 1.75 bits per heavy atom. The molecule has 0 amide bonds. The molecule has 0 bridgehead atoms. The van der Waals surface area contributed by atoms with Crippen LogP contribution in [0.25, 0.3) is 0 Å². The molecular weight excluding hydrogens is 256 g/mol. The fourth-order valence-corrected chi connectivity index (χ4v) is 2.53. The Morgan fingerprint density at radius 3 is 2.20 bits per heavy atom. The van der Waals surface area contributed by atoms with Gasteiger partial charge in [0.2, 0.25) is 0 Å². The van der Waals surface area contributed by atoms with Gasteiger partial charge in [-0.2, -0.15) is 0 Å². The van der Waals surface area contributed by atoms with E-state index in [9.17, 15) is 5.11 Å². The Morgan fingerprint density at radius 1 is 1.10 bits per heavy atom. The summed E-state index contributed by atoms with van der Waals surface area (Å²) in [4.78, 5) is 0. The summed E-state index contributed by atoms with van der Waals surface area (Å²) in [5.74, 6) is 1.32. The Balaban J connectivity index is 3.20. The van der Waals surface area contributed by atoms with E-state index in [4.69, 9.17) is 14.2 Å². The molecular formula is C16H26O4. The lowest BCUT2D eigenvalue weighted by molar-refractivity contribution is -0.128. The molecule has 1 aromatic carbocycles. The number of hydrogen-bond donors (Lipinski definition) is 1. The summed E-state index contributed by atoms with van der Waals surface area (Å²) >= 11 is 0. The summed E-state index contributed by atoms with van der Waals surface area (Å²) in [6.45, 7) is 6.56. The predicted molar refractivity (Wildman–Crippen MR) is 79.4 cm³/mol. The lowest BCUT2D eigenvalue weighted by atomic mass is 9.85. The van der Waals surface area contributed by atoms with Crippen molar-refractivity contribution in [3.8, 4) is 11.5 Å². The van der Waals surface area contributed by atoms with Gasteiger partial charge in [-0.1, -0.05) is 13.8 Å². The number of hydrogen-bond acceptors (Lipinski definition) is 4. The first kappa shape index (κ1) is 16.8. The molecule has 1 aromatic rings. The maximum atomic E-state index is 10.8. The average Bonchev–Trinajstić information content (AvgIpc) is 2.51. The van der Waals surface area contributed by atoms with E-state index >= 15 is 0 Å². The number of aliphatic hydroxyl groups excluding tert-OH is 1. The van der Waals surface area contributed by atoms with Gasteiger partial charge in [0.15, 0.2) is 0 Å². The minimum Gasteiger partial charge on any atom is -0.497 e. The van der Waals surface area contributed by atoms with E-state index in [1.165, 1.54) is 0 Å². The van der Waals surface area contributed by atoms with Crippen LogP contribution < -0.4 is 9.47 Å². The highest BCUT2D eigenvalue weighted by molar-refractivity contribution is 5.42. The quantitative estimate of drug-likeness (QED) is 0.794. The van der Waals surface area contributed by atoms with Gasteiger partial charge in [0, 0.05) is 18.2 Å². The Labute approximate surface area is 121 Å². The van der Waals surface area contributed by atoms with Crippen LogP contribution in [0.15, 0.2) is 18.2 Å². The first-order chi connectivity index (χ1) is 9.58. The topological polar surface area (TPSA) is 47.9 Å². The highest BCUT2D eigenvalue weighted by atomic mass is 16.5. The number of rotatable bonds is 8. The van der Waals surface area contributed by atoms with Crippen molar-refractivity contribution >= 4 is 0 Å². The maximum absolute atomic E-state index is 10.8. The fraction of sp³-hybridized carbons (Fsp3) is 0.625. The molecule has 0 aliphatic rings. The molecule has 0 spiro atoms. The third-order valence-electron chi connectivity index (χ3n) is 3.86. The molecule has 114 valence electrons. The highest BCUT2D eigenvalue weighted by Crippen LogP contribution is 2.40. The summed E-state index contributed by atoms with van der Waals surface area (Å²) in [6, 6.07) is 5.44. The van der Waals surface area contributed by atoms with E-state index in [0.717, 1.165) is 18.4 Å². The predicted octanol–water partition coefficient (Wildman–Crippen LogP) is 3.33. The van der Waals surface area contributed by atoms with Crippen LogP contribution in [0.2, 0.25) is 0 Å². The molecule has 1 rings (SSSR count). The molecule has 0 radical (unpaired) electrons. The van der Waals surface area contributed by atoms with Crippen molar-refractivity contribution in [2.45, 2.75) is 45.3 Å². The second-order valence-corrected chi connectivity index (χ2v) is 4.72. The molecule has 20 heavy (non-hydrogen) atoms. The van der Waals surface area contributed by atoms with Gasteiger partial charge in [-0.25, -0.2) is 0 Å². The van der Waals surface area contributed by atoms with Crippen molar-refractivity contribution in [3.05, 3.63) is 23.8 Å². The number of benzene rings is 1. The monoisotopic (exact) mass is 282 g/mol. The van der Waals surface area contributed by atoms with Gasteiger partial charge in [0.25, 0.3) is 0 Å². The van der Waals surface area contributed by atoms with Gasteiger partial charge in [-0.05, 0) is 31.9 Å². The third kappa shape index (κ3) is 3.25. The lowest BCUT2D eigenvalue weighted by Crippen LogP contribution is -2.38. The largest absolute Gasteiger partial charge is 0.497 e. The standard InChI is InChI=1S/C16H26O4/c1-6-16(7-2,20-8-3)15(17)13-10-9-12(18-4)11-14(13)19-5/h9-11,15,17H,6-8H2,1-5H3. The summed E-state index contributed by atoms with van der Waals surface area (Å²) in [5, 5.41) is 10.8. The molecule has 4 nitrogen and oxygen atoms in total. The summed E-state index contributed by atoms with van der Waals surface area (Å²) in [5.41, 5.74) is 0.141. The SMILES string of the molecule is CCOC(CC)(CC)C(O)c1ccc(OC)cc1OC. The van der Waals surface area contributed by atoms with Gasteiger partial charge >= 0.3 is 0 Å². The summed E-state index contributed by atoms with van der Waals surface area (Å²) in [6.07, 6.45) is 0.722. The summed E-state index contributed by atoms with van der Waals surface area (Å²) in [7, 11) is 3.19. The van der Waals surface area contributed by atoms with Crippen LogP contribution in [0.5, 0.6) is 11.5 Å². The van der Waals surface area contributed by atoms with Gasteiger partial charge in [0.05, 0.1) is 19.8 Å². The average molecular weight is 282 g/mol. The third-order valence-corrected chi connectivity index (χ3v) is 3.86. The number of methoxy groups -OCH3 is 2. The van der Waals surface area contributed by atoms with E-state index in [1.807, 2.05) is 32.9 Å². The second kappa shape index (κ2) is 7.50. The van der Waals surface area contributed by atoms with Crippen LogP contribution in [0, 0.1) is 0 Å². The Bertz CT molecular complexity index is 413. The van der Waals surface area contributed by atoms with Gasteiger partial charge in [0.1, 0.15) is 17.6 Å². The van der Waals surface area contributed by atoms with Crippen molar-refractivity contribution < 1.29 is 19.3 Å². The molecule has 1 N–H and O–H groups in total. The van der Waals surface area contributed by atoms with Gasteiger partial charge in [-0.3, -0.25) is 0 Å². The van der Waals surface area contributed by atoms with Crippen LogP contribution in [0.3, 0.4) is 0 Å². The molecule has 1 unspecified atom stereocenters. The number of aliphatic hydroxyl groups is 1. The van der Waals surface area contributed by atoms with E-state index in [1.54, 1.807) is 20.3 Å². The van der Waals surface area contributed by atoms with Gasteiger partial charge in [-0.15, -0.1) is 0 Å². The van der Waals surface area contributed by atoms with Crippen molar-refractivity contribution in [1.82, 2.24) is 0 Å². The molecule has 0 heterocycles. The maximum Gasteiger partial charge on any atom is 0.128 e. The van der Waals surface area contributed by atoms with E-state index in [2.05, 4.69) is 0 Å². The molecule has 1 atom stereocenters. The van der Waals surface area contributed by atoms with Gasteiger partial charge < -0.3 is 19.3 Å². The lowest BCUT2D eigenvalue weighted by Gasteiger charge is -2.37. The molecule has 0 saturated heterocycles. The molecule has 0 aromatic heterocycles. The van der Waals surface area contributed by atoms with Crippen molar-refractivity contribution in [2.75, 3.05) is 20.8 Å². The summed E-state index contributed by atoms with van der Waals surface area (Å²) < 4.78 is 16.4. The van der Waals surface area contributed by atoms with Crippen LogP contribution in [-0.4, -0.2) is 31.5 Å².